The number of amides is 1. The van der Waals surface area contributed by atoms with Crippen molar-refractivity contribution in [2.45, 2.75) is 32.7 Å². The summed E-state index contributed by atoms with van der Waals surface area (Å²) in [6, 6.07) is 3.37. The van der Waals surface area contributed by atoms with E-state index in [0.29, 0.717) is 18.0 Å². The fourth-order valence-electron chi connectivity index (χ4n) is 1.90. The van der Waals surface area contributed by atoms with Crippen molar-refractivity contribution in [1.29, 1.82) is 0 Å². The lowest BCUT2D eigenvalue weighted by atomic mass is 10.0. The summed E-state index contributed by atoms with van der Waals surface area (Å²) in [7, 11) is 0. The van der Waals surface area contributed by atoms with Gasteiger partial charge in [-0.05, 0) is 30.0 Å². The molecule has 1 atom stereocenters. The maximum atomic E-state index is 13.0. The lowest BCUT2D eigenvalue weighted by Gasteiger charge is -2.18. The summed E-state index contributed by atoms with van der Waals surface area (Å²) in [6.45, 7) is 4.45. The van der Waals surface area contributed by atoms with Gasteiger partial charge in [0.1, 0.15) is 0 Å². The lowest BCUT2D eigenvalue weighted by molar-refractivity contribution is -0.121. The molecule has 0 aliphatic heterocycles. The summed E-state index contributed by atoms with van der Waals surface area (Å²) in [5.74, 6) is -1.66. The number of nitrogens with two attached hydrogens (primary N) is 1. The predicted octanol–water partition coefficient (Wildman–Crippen LogP) is 2.42. The highest BCUT2D eigenvalue weighted by atomic mass is 35.5. The van der Waals surface area contributed by atoms with Gasteiger partial charge in [-0.25, -0.2) is 8.78 Å². The highest BCUT2D eigenvalue weighted by Crippen LogP contribution is 2.10. The average Bonchev–Trinajstić information content (AvgIpc) is 2.32. The van der Waals surface area contributed by atoms with Crippen molar-refractivity contribution in [3.8, 4) is 0 Å². The number of rotatable bonds is 6. The Labute approximate surface area is 124 Å². The molecule has 0 bridgehead atoms. The van der Waals surface area contributed by atoms with Crippen LogP contribution in [0.2, 0.25) is 0 Å². The van der Waals surface area contributed by atoms with Crippen LogP contribution >= 0.6 is 12.4 Å². The van der Waals surface area contributed by atoms with Crippen molar-refractivity contribution in [3.05, 3.63) is 35.4 Å². The van der Waals surface area contributed by atoms with Gasteiger partial charge in [0, 0.05) is 12.6 Å². The van der Waals surface area contributed by atoms with E-state index < -0.39 is 11.6 Å². The van der Waals surface area contributed by atoms with Crippen LogP contribution in [0.4, 0.5) is 8.78 Å². The topological polar surface area (TPSA) is 55.1 Å². The van der Waals surface area contributed by atoms with Crippen LogP contribution in [0.5, 0.6) is 0 Å². The number of carbonyl (C=O) groups excluding carboxylic acids is 1. The van der Waals surface area contributed by atoms with Crippen LogP contribution in [0.25, 0.3) is 0 Å². The number of halogens is 3. The summed E-state index contributed by atoms with van der Waals surface area (Å²) >= 11 is 0. The van der Waals surface area contributed by atoms with Crippen LogP contribution in [0.3, 0.4) is 0 Å². The van der Waals surface area contributed by atoms with E-state index in [1.54, 1.807) is 0 Å². The Balaban J connectivity index is 0.00000361. The van der Waals surface area contributed by atoms with E-state index >= 15 is 0 Å². The molecule has 114 valence electrons. The van der Waals surface area contributed by atoms with Crippen molar-refractivity contribution in [3.63, 3.8) is 0 Å². The van der Waals surface area contributed by atoms with E-state index in [9.17, 15) is 13.6 Å². The zero-order valence-electron chi connectivity index (χ0n) is 11.7. The van der Waals surface area contributed by atoms with Gasteiger partial charge in [0.25, 0.3) is 0 Å². The minimum Gasteiger partial charge on any atom is -0.352 e. The van der Waals surface area contributed by atoms with E-state index in [1.165, 1.54) is 6.07 Å². The molecule has 3 N–H and O–H groups in total. The predicted molar refractivity (Wildman–Crippen MR) is 77.8 cm³/mol. The molecule has 0 spiro atoms. The first-order valence-electron chi connectivity index (χ1n) is 6.35. The van der Waals surface area contributed by atoms with Crippen LogP contribution in [0.15, 0.2) is 18.2 Å². The largest absolute Gasteiger partial charge is 0.352 e. The minimum absolute atomic E-state index is 0. The zero-order chi connectivity index (χ0) is 14.4. The summed E-state index contributed by atoms with van der Waals surface area (Å²) in [5, 5.41) is 2.80. The maximum absolute atomic E-state index is 13.0. The molecule has 0 heterocycles. The fourth-order valence-corrected chi connectivity index (χ4v) is 1.90. The van der Waals surface area contributed by atoms with Crippen LogP contribution in [0, 0.1) is 17.6 Å². The first kappa shape index (κ1) is 18.8. The Morgan fingerprint density at radius 1 is 1.30 bits per heavy atom. The van der Waals surface area contributed by atoms with Gasteiger partial charge in [-0.1, -0.05) is 19.9 Å². The molecule has 0 fully saturated rings. The second-order valence-electron chi connectivity index (χ2n) is 5.05. The van der Waals surface area contributed by atoms with E-state index in [2.05, 4.69) is 5.32 Å². The molecular formula is C14H21ClF2N2O. The second kappa shape index (κ2) is 8.87. The smallest absolute Gasteiger partial charge is 0.224 e. The normalized spacial score (nSPS) is 11.9. The van der Waals surface area contributed by atoms with Crippen molar-refractivity contribution < 1.29 is 13.6 Å². The van der Waals surface area contributed by atoms with Gasteiger partial charge in [0.05, 0.1) is 6.42 Å². The molecule has 0 radical (unpaired) electrons. The number of benzene rings is 1. The molecule has 1 aromatic rings. The van der Waals surface area contributed by atoms with Crippen molar-refractivity contribution in [2.75, 3.05) is 6.54 Å². The molecular weight excluding hydrogens is 286 g/mol. The summed E-state index contributed by atoms with van der Waals surface area (Å²) in [6.07, 6.45) is 0.811. The zero-order valence-corrected chi connectivity index (χ0v) is 12.5. The molecule has 0 saturated carbocycles. The van der Waals surface area contributed by atoms with E-state index in [1.807, 2.05) is 13.8 Å². The molecule has 0 aliphatic carbocycles. The van der Waals surface area contributed by atoms with Gasteiger partial charge in [-0.2, -0.15) is 0 Å². The Bertz CT molecular complexity index is 441. The third kappa shape index (κ3) is 6.30. The summed E-state index contributed by atoms with van der Waals surface area (Å²) < 4.78 is 25.8. The van der Waals surface area contributed by atoms with Crippen LogP contribution in [-0.2, 0) is 11.2 Å². The van der Waals surface area contributed by atoms with Gasteiger partial charge in [0.15, 0.2) is 11.6 Å². The molecule has 6 heteroatoms. The average molecular weight is 307 g/mol. The van der Waals surface area contributed by atoms with Gasteiger partial charge < -0.3 is 11.1 Å². The SMILES string of the molecule is CC(C)CC(CN)NC(=O)Cc1ccc(F)c(F)c1.Cl. The second-order valence-corrected chi connectivity index (χ2v) is 5.05. The van der Waals surface area contributed by atoms with E-state index in [0.717, 1.165) is 18.6 Å². The van der Waals surface area contributed by atoms with Gasteiger partial charge in [-0.3, -0.25) is 4.79 Å². The third-order valence-corrected chi connectivity index (χ3v) is 2.75. The molecule has 20 heavy (non-hydrogen) atoms. The Morgan fingerprint density at radius 2 is 1.95 bits per heavy atom. The Hall–Kier alpha value is -1.20. The van der Waals surface area contributed by atoms with E-state index in [4.69, 9.17) is 5.73 Å². The van der Waals surface area contributed by atoms with E-state index in [-0.39, 0.29) is 30.8 Å². The van der Waals surface area contributed by atoms with Crippen LogP contribution in [-0.4, -0.2) is 18.5 Å². The number of nitrogens with one attached hydrogen (secondary N) is 1. The van der Waals surface area contributed by atoms with Gasteiger partial charge in [-0.15, -0.1) is 12.4 Å². The fraction of sp³-hybridized carbons (Fsp3) is 0.500. The highest BCUT2D eigenvalue weighted by molar-refractivity contribution is 5.85. The standard InChI is InChI=1S/C14H20F2N2O.ClH/c1-9(2)5-11(8-17)18-14(19)7-10-3-4-12(15)13(16)6-10;/h3-4,6,9,11H,5,7-8,17H2,1-2H3,(H,18,19);1H. The Morgan fingerprint density at radius 3 is 2.45 bits per heavy atom. The molecule has 0 aliphatic rings. The molecule has 0 saturated heterocycles. The van der Waals surface area contributed by atoms with Crippen molar-refractivity contribution in [2.24, 2.45) is 11.7 Å². The Kier molecular flexibility index (Phi) is 8.34. The number of hydrogen-bond acceptors (Lipinski definition) is 2. The molecule has 3 nitrogen and oxygen atoms in total. The van der Waals surface area contributed by atoms with Gasteiger partial charge >= 0.3 is 0 Å². The van der Waals surface area contributed by atoms with Crippen molar-refractivity contribution >= 4 is 18.3 Å². The molecule has 1 rings (SSSR count). The lowest BCUT2D eigenvalue weighted by Crippen LogP contribution is -2.41. The number of carbonyl (C=O) groups is 1. The summed E-state index contributed by atoms with van der Waals surface area (Å²) in [4.78, 5) is 11.8. The third-order valence-electron chi connectivity index (χ3n) is 2.75. The quantitative estimate of drug-likeness (QED) is 0.848. The molecule has 0 aromatic heterocycles. The molecule has 1 aromatic carbocycles. The number of hydrogen-bond donors (Lipinski definition) is 2. The van der Waals surface area contributed by atoms with Crippen LogP contribution in [0.1, 0.15) is 25.8 Å². The minimum atomic E-state index is -0.942. The highest BCUT2D eigenvalue weighted by Gasteiger charge is 2.13. The van der Waals surface area contributed by atoms with Gasteiger partial charge in [0.2, 0.25) is 5.91 Å². The van der Waals surface area contributed by atoms with Crippen molar-refractivity contribution in [1.82, 2.24) is 5.32 Å². The first-order chi connectivity index (χ1) is 8.92. The molecule has 1 unspecified atom stereocenters. The first-order valence-corrected chi connectivity index (χ1v) is 6.35. The monoisotopic (exact) mass is 306 g/mol. The summed E-state index contributed by atoms with van der Waals surface area (Å²) in [5.41, 5.74) is 6.02. The molecule has 1 amide bonds. The maximum Gasteiger partial charge on any atom is 0.224 e. The van der Waals surface area contributed by atoms with Crippen LogP contribution < -0.4 is 11.1 Å².